The van der Waals surface area contributed by atoms with Crippen LogP contribution in [-0.4, -0.2) is 4.98 Å². The van der Waals surface area contributed by atoms with E-state index in [4.69, 9.17) is 9.15 Å². The third-order valence-electron chi connectivity index (χ3n) is 2.80. The van der Waals surface area contributed by atoms with Crippen LogP contribution in [0.1, 0.15) is 5.76 Å². The fraction of sp³-hybridized carbons (Fsp3) is 0.0625. The average molecular weight is 284 g/mol. The number of nitrogens with one attached hydrogen (secondary N) is 1. The molecule has 0 unspecified atom stereocenters. The summed E-state index contributed by atoms with van der Waals surface area (Å²) in [6.45, 7) is 0.582. The van der Waals surface area contributed by atoms with Crippen LogP contribution in [0.4, 0.5) is 10.1 Å². The van der Waals surface area contributed by atoms with Crippen LogP contribution in [0.2, 0.25) is 0 Å². The van der Waals surface area contributed by atoms with Gasteiger partial charge in [-0.1, -0.05) is 6.07 Å². The zero-order chi connectivity index (χ0) is 14.5. The second-order valence-corrected chi connectivity index (χ2v) is 4.38. The van der Waals surface area contributed by atoms with Crippen molar-refractivity contribution in [2.45, 2.75) is 6.54 Å². The lowest BCUT2D eigenvalue weighted by atomic mass is 10.3. The van der Waals surface area contributed by atoms with Gasteiger partial charge in [-0.05, 0) is 30.3 Å². The third-order valence-corrected chi connectivity index (χ3v) is 2.80. The molecule has 0 aliphatic heterocycles. The predicted octanol–water partition coefficient (Wildman–Crippen LogP) is 4.22. The number of hydrogen-bond donors (Lipinski definition) is 1. The number of nitrogens with zero attached hydrogens (tertiary/aromatic N) is 1. The molecule has 0 aliphatic carbocycles. The molecule has 0 spiro atoms. The van der Waals surface area contributed by atoms with Crippen LogP contribution in [0, 0.1) is 5.82 Å². The van der Waals surface area contributed by atoms with Crippen molar-refractivity contribution in [2.24, 2.45) is 0 Å². The number of halogens is 1. The first-order valence-corrected chi connectivity index (χ1v) is 6.45. The maximum atomic E-state index is 13.0. The molecule has 21 heavy (non-hydrogen) atoms. The van der Waals surface area contributed by atoms with E-state index in [9.17, 15) is 4.39 Å². The van der Waals surface area contributed by atoms with Gasteiger partial charge in [0, 0.05) is 12.1 Å². The SMILES string of the molecule is Fc1cccc(Oc2ccc(NCc3ccco3)cn2)c1. The molecule has 3 rings (SSSR count). The number of anilines is 1. The molecule has 0 radical (unpaired) electrons. The Morgan fingerprint density at radius 1 is 1.14 bits per heavy atom. The van der Waals surface area contributed by atoms with Crippen LogP contribution in [0.15, 0.2) is 65.4 Å². The van der Waals surface area contributed by atoms with Crippen LogP contribution < -0.4 is 10.1 Å². The van der Waals surface area contributed by atoms with Gasteiger partial charge in [0.25, 0.3) is 0 Å². The van der Waals surface area contributed by atoms with Gasteiger partial charge >= 0.3 is 0 Å². The number of aromatic nitrogens is 1. The molecule has 3 aromatic rings. The quantitative estimate of drug-likeness (QED) is 0.762. The molecule has 2 heterocycles. The van der Waals surface area contributed by atoms with E-state index in [-0.39, 0.29) is 5.82 Å². The van der Waals surface area contributed by atoms with Crippen molar-refractivity contribution in [3.8, 4) is 11.6 Å². The van der Waals surface area contributed by atoms with Gasteiger partial charge in [-0.25, -0.2) is 9.37 Å². The smallest absolute Gasteiger partial charge is 0.219 e. The minimum atomic E-state index is -0.343. The molecule has 0 saturated carbocycles. The number of ether oxygens (including phenoxy) is 1. The van der Waals surface area contributed by atoms with Crippen molar-refractivity contribution in [3.63, 3.8) is 0 Å². The van der Waals surface area contributed by atoms with Crippen LogP contribution >= 0.6 is 0 Å². The van der Waals surface area contributed by atoms with Crippen molar-refractivity contribution in [3.05, 3.63) is 72.6 Å². The van der Waals surface area contributed by atoms with Crippen molar-refractivity contribution >= 4 is 5.69 Å². The van der Waals surface area contributed by atoms with Gasteiger partial charge in [-0.15, -0.1) is 0 Å². The third kappa shape index (κ3) is 3.60. The molecule has 106 valence electrons. The minimum absolute atomic E-state index is 0.343. The van der Waals surface area contributed by atoms with Crippen LogP contribution in [0.5, 0.6) is 11.6 Å². The molecular formula is C16H13FN2O2. The zero-order valence-electron chi connectivity index (χ0n) is 11.1. The Labute approximate surface area is 121 Å². The average Bonchev–Trinajstić information content (AvgIpc) is 3.00. The Balaban J connectivity index is 1.61. The van der Waals surface area contributed by atoms with Crippen LogP contribution in [-0.2, 0) is 6.54 Å². The Kier molecular flexibility index (Phi) is 3.82. The molecule has 2 aromatic heterocycles. The monoisotopic (exact) mass is 284 g/mol. The van der Waals surface area contributed by atoms with Gasteiger partial charge in [0.05, 0.1) is 24.7 Å². The molecule has 5 heteroatoms. The number of rotatable bonds is 5. The van der Waals surface area contributed by atoms with E-state index in [0.717, 1.165) is 11.4 Å². The van der Waals surface area contributed by atoms with Gasteiger partial charge in [-0.3, -0.25) is 0 Å². The molecule has 1 aromatic carbocycles. The number of pyridine rings is 1. The fourth-order valence-electron chi connectivity index (χ4n) is 1.80. The first kappa shape index (κ1) is 13.2. The molecule has 0 saturated heterocycles. The van der Waals surface area contributed by atoms with Crippen molar-refractivity contribution < 1.29 is 13.5 Å². The number of furan rings is 1. The summed E-state index contributed by atoms with van der Waals surface area (Å²) in [6.07, 6.45) is 3.28. The maximum Gasteiger partial charge on any atom is 0.219 e. The Bertz CT molecular complexity index is 697. The van der Waals surface area contributed by atoms with Crippen molar-refractivity contribution in [1.82, 2.24) is 4.98 Å². The first-order valence-electron chi connectivity index (χ1n) is 6.45. The topological polar surface area (TPSA) is 47.3 Å². The molecule has 0 amide bonds. The Morgan fingerprint density at radius 2 is 2.10 bits per heavy atom. The predicted molar refractivity (Wildman–Crippen MR) is 76.7 cm³/mol. The highest BCUT2D eigenvalue weighted by Gasteiger charge is 2.01. The van der Waals surface area contributed by atoms with Gasteiger partial charge < -0.3 is 14.5 Å². The molecule has 4 nitrogen and oxygen atoms in total. The van der Waals surface area contributed by atoms with Crippen LogP contribution in [0.3, 0.4) is 0 Å². The lowest BCUT2D eigenvalue weighted by molar-refractivity contribution is 0.458. The number of benzene rings is 1. The summed E-state index contributed by atoms with van der Waals surface area (Å²) >= 11 is 0. The summed E-state index contributed by atoms with van der Waals surface area (Å²) in [5.41, 5.74) is 0.845. The minimum Gasteiger partial charge on any atom is -0.467 e. The van der Waals surface area contributed by atoms with Gasteiger partial charge in [-0.2, -0.15) is 0 Å². The van der Waals surface area contributed by atoms with E-state index in [0.29, 0.717) is 18.2 Å². The van der Waals surface area contributed by atoms with E-state index >= 15 is 0 Å². The Morgan fingerprint density at radius 3 is 2.81 bits per heavy atom. The van der Waals surface area contributed by atoms with E-state index in [2.05, 4.69) is 10.3 Å². The zero-order valence-corrected chi connectivity index (χ0v) is 11.1. The van der Waals surface area contributed by atoms with Gasteiger partial charge in [0.2, 0.25) is 5.88 Å². The Hall–Kier alpha value is -2.82. The molecule has 0 atom stereocenters. The van der Waals surface area contributed by atoms with E-state index in [1.54, 1.807) is 30.7 Å². The first-order chi connectivity index (χ1) is 10.3. The molecule has 1 N–H and O–H groups in total. The standard InChI is InChI=1S/C16H13FN2O2/c17-12-3-1-4-14(9-12)21-16-7-6-13(10-19-16)18-11-15-5-2-8-20-15/h1-10,18H,11H2. The summed E-state index contributed by atoms with van der Waals surface area (Å²) in [4.78, 5) is 4.17. The summed E-state index contributed by atoms with van der Waals surface area (Å²) in [5.74, 6) is 1.32. The van der Waals surface area contributed by atoms with E-state index in [1.165, 1.54) is 12.1 Å². The van der Waals surface area contributed by atoms with Crippen molar-refractivity contribution in [1.29, 1.82) is 0 Å². The van der Waals surface area contributed by atoms with Gasteiger partial charge in [0.15, 0.2) is 0 Å². The summed E-state index contributed by atoms with van der Waals surface area (Å²) < 4.78 is 23.7. The highest BCUT2D eigenvalue weighted by molar-refractivity contribution is 5.42. The number of hydrogen-bond acceptors (Lipinski definition) is 4. The maximum absolute atomic E-state index is 13.0. The lowest BCUT2D eigenvalue weighted by Gasteiger charge is -2.07. The molecular weight excluding hydrogens is 271 g/mol. The van der Waals surface area contributed by atoms with Crippen molar-refractivity contribution in [2.75, 3.05) is 5.32 Å². The highest BCUT2D eigenvalue weighted by atomic mass is 19.1. The second kappa shape index (κ2) is 6.09. The lowest BCUT2D eigenvalue weighted by Crippen LogP contribution is -1.98. The largest absolute Gasteiger partial charge is 0.467 e. The highest BCUT2D eigenvalue weighted by Crippen LogP contribution is 2.21. The summed E-state index contributed by atoms with van der Waals surface area (Å²) in [6, 6.07) is 13.2. The fourth-order valence-corrected chi connectivity index (χ4v) is 1.80. The molecule has 0 fully saturated rings. The summed E-state index contributed by atoms with van der Waals surface area (Å²) in [7, 11) is 0. The van der Waals surface area contributed by atoms with Crippen LogP contribution in [0.25, 0.3) is 0 Å². The second-order valence-electron chi connectivity index (χ2n) is 4.38. The summed E-state index contributed by atoms with van der Waals surface area (Å²) in [5, 5.41) is 3.18. The van der Waals surface area contributed by atoms with Gasteiger partial charge in [0.1, 0.15) is 17.3 Å². The van der Waals surface area contributed by atoms with E-state index < -0.39 is 0 Å². The molecule has 0 aliphatic rings. The normalized spacial score (nSPS) is 10.3. The molecule has 0 bridgehead atoms. The van der Waals surface area contributed by atoms with E-state index in [1.807, 2.05) is 18.2 Å².